The summed E-state index contributed by atoms with van der Waals surface area (Å²) in [6.07, 6.45) is 1.29. The number of carbonyl (C=O) groups is 1. The van der Waals surface area contributed by atoms with Gasteiger partial charge in [-0.25, -0.2) is 4.79 Å². The number of benzene rings is 1. The molecule has 0 unspecified atom stereocenters. The van der Waals surface area contributed by atoms with Gasteiger partial charge in [-0.2, -0.15) is 4.98 Å². The molecule has 0 amide bonds. The average Bonchev–Trinajstić information content (AvgIpc) is 2.99. The molecule has 8 heteroatoms. The lowest BCUT2D eigenvalue weighted by molar-refractivity contribution is -0.0351. The standard InChI is InChI=1S/C18H18N2O6/c1-10-8-20-15-7-13(26-18(20)19-16(10)21)14(25-15)9-24-17(22)11-3-5-12(23-2)6-4-11/h3-6,8,13-15H,7,9H2,1-2H3/t13-,14-,15-/m1/s1. The first-order chi connectivity index (χ1) is 12.5. The van der Waals surface area contributed by atoms with Gasteiger partial charge in [0.1, 0.15) is 30.8 Å². The number of esters is 1. The lowest BCUT2D eigenvalue weighted by Gasteiger charge is -2.23. The zero-order valence-electron chi connectivity index (χ0n) is 14.4. The van der Waals surface area contributed by atoms with Crippen LogP contribution in [0.1, 0.15) is 28.6 Å². The van der Waals surface area contributed by atoms with Crippen LogP contribution < -0.4 is 15.0 Å². The quantitative estimate of drug-likeness (QED) is 0.765. The number of ether oxygens (including phenoxy) is 4. The number of aryl methyl sites for hydroxylation is 1. The molecule has 3 heterocycles. The number of carbonyl (C=O) groups excluding carboxylic acids is 1. The van der Waals surface area contributed by atoms with Crippen molar-refractivity contribution >= 4 is 5.97 Å². The second-order valence-corrected chi connectivity index (χ2v) is 6.27. The highest BCUT2D eigenvalue weighted by Gasteiger charge is 2.43. The van der Waals surface area contributed by atoms with Crippen LogP contribution >= 0.6 is 0 Å². The van der Waals surface area contributed by atoms with Crippen LogP contribution in [0, 0.1) is 6.92 Å². The third kappa shape index (κ3) is 2.92. The Bertz CT molecular complexity index is 892. The van der Waals surface area contributed by atoms with E-state index in [1.54, 1.807) is 49.1 Å². The van der Waals surface area contributed by atoms with E-state index in [0.29, 0.717) is 23.3 Å². The molecule has 1 aromatic heterocycles. The number of methoxy groups -OCH3 is 1. The molecular weight excluding hydrogens is 340 g/mol. The smallest absolute Gasteiger partial charge is 0.338 e. The zero-order valence-corrected chi connectivity index (χ0v) is 14.4. The van der Waals surface area contributed by atoms with Gasteiger partial charge in [0.25, 0.3) is 5.56 Å². The van der Waals surface area contributed by atoms with Crippen LogP contribution in [-0.4, -0.2) is 41.4 Å². The van der Waals surface area contributed by atoms with E-state index in [1.807, 2.05) is 0 Å². The summed E-state index contributed by atoms with van der Waals surface area (Å²) >= 11 is 0. The van der Waals surface area contributed by atoms with Gasteiger partial charge in [-0.3, -0.25) is 9.36 Å². The Labute approximate surface area is 149 Å². The Morgan fingerprint density at radius 1 is 1.35 bits per heavy atom. The molecule has 8 nitrogen and oxygen atoms in total. The Kier molecular flexibility index (Phi) is 4.12. The van der Waals surface area contributed by atoms with E-state index in [0.717, 1.165) is 0 Å². The fourth-order valence-corrected chi connectivity index (χ4v) is 3.09. The van der Waals surface area contributed by atoms with Crippen molar-refractivity contribution in [2.75, 3.05) is 13.7 Å². The van der Waals surface area contributed by atoms with Gasteiger partial charge in [0.15, 0.2) is 0 Å². The molecule has 2 aromatic rings. The fourth-order valence-electron chi connectivity index (χ4n) is 3.09. The number of fused-ring (bicyclic) bond motifs is 4. The van der Waals surface area contributed by atoms with Crippen molar-refractivity contribution in [2.45, 2.75) is 31.8 Å². The molecule has 4 rings (SSSR count). The summed E-state index contributed by atoms with van der Waals surface area (Å²) in [6, 6.07) is 6.91. The van der Waals surface area contributed by atoms with Gasteiger partial charge in [0.2, 0.25) is 0 Å². The van der Waals surface area contributed by atoms with E-state index >= 15 is 0 Å². The highest BCUT2D eigenvalue weighted by Crippen LogP contribution is 2.37. The van der Waals surface area contributed by atoms with Crippen LogP contribution in [0.3, 0.4) is 0 Å². The minimum atomic E-state index is -0.446. The minimum Gasteiger partial charge on any atom is -0.497 e. The van der Waals surface area contributed by atoms with Crippen molar-refractivity contribution in [3.63, 3.8) is 0 Å². The largest absolute Gasteiger partial charge is 0.497 e. The second-order valence-electron chi connectivity index (χ2n) is 6.27. The maximum absolute atomic E-state index is 12.2. The maximum atomic E-state index is 12.2. The average molecular weight is 358 g/mol. The van der Waals surface area contributed by atoms with Crippen molar-refractivity contribution in [2.24, 2.45) is 0 Å². The summed E-state index contributed by atoms with van der Waals surface area (Å²) in [6.45, 7) is 1.75. The predicted octanol–water partition coefficient (Wildman–Crippen LogP) is 1.47. The third-order valence-electron chi connectivity index (χ3n) is 4.54. The number of aromatic nitrogens is 2. The predicted molar refractivity (Wildman–Crippen MR) is 89.5 cm³/mol. The molecule has 1 fully saturated rings. The molecule has 26 heavy (non-hydrogen) atoms. The van der Waals surface area contributed by atoms with Crippen molar-refractivity contribution in [1.82, 2.24) is 9.55 Å². The highest BCUT2D eigenvalue weighted by atomic mass is 16.6. The van der Waals surface area contributed by atoms with Crippen molar-refractivity contribution in [3.05, 3.63) is 51.9 Å². The van der Waals surface area contributed by atoms with E-state index in [2.05, 4.69) is 4.98 Å². The summed E-state index contributed by atoms with van der Waals surface area (Å²) in [7, 11) is 1.56. The van der Waals surface area contributed by atoms with Crippen LogP contribution in [0.15, 0.2) is 35.3 Å². The first-order valence-electron chi connectivity index (χ1n) is 8.28. The first-order valence-corrected chi connectivity index (χ1v) is 8.28. The SMILES string of the molecule is COc1ccc(C(=O)OC[C@H]2O[C@@H]3C[C@H]2Oc2nc(=O)c(C)cn23)cc1. The van der Waals surface area contributed by atoms with Crippen LogP contribution in [0.2, 0.25) is 0 Å². The Morgan fingerprint density at radius 2 is 2.12 bits per heavy atom. The molecule has 0 aliphatic carbocycles. The molecule has 2 aliphatic heterocycles. The summed E-state index contributed by atoms with van der Waals surface area (Å²) in [5.41, 5.74) is 0.632. The lowest BCUT2D eigenvalue weighted by Crippen LogP contribution is -2.34. The van der Waals surface area contributed by atoms with E-state index in [-0.39, 0.29) is 30.5 Å². The van der Waals surface area contributed by atoms with Gasteiger partial charge in [-0.15, -0.1) is 0 Å². The van der Waals surface area contributed by atoms with E-state index in [9.17, 15) is 9.59 Å². The number of hydrogen-bond donors (Lipinski definition) is 0. The molecule has 0 spiro atoms. The molecule has 136 valence electrons. The van der Waals surface area contributed by atoms with Gasteiger partial charge in [0.05, 0.1) is 12.7 Å². The molecule has 0 saturated carbocycles. The minimum absolute atomic E-state index is 0.0593. The normalized spacial score (nSPS) is 23.1. The Morgan fingerprint density at radius 3 is 2.85 bits per heavy atom. The number of hydrogen-bond acceptors (Lipinski definition) is 7. The monoisotopic (exact) mass is 358 g/mol. The van der Waals surface area contributed by atoms with Crippen molar-refractivity contribution in [3.8, 4) is 11.8 Å². The lowest BCUT2D eigenvalue weighted by atomic mass is 10.1. The number of rotatable bonds is 4. The first kappa shape index (κ1) is 16.6. The van der Waals surface area contributed by atoms with Gasteiger partial charge >= 0.3 is 12.0 Å². The maximum Gasteiger partial charge on any atom is 0.338 e. The molecule has 0 radical (unpaired) electrons. The van der Waals surface area contributed by atoms with Crippen LogP contribution in [0.5, 0.6) is 11.8 Å². The molecule has 1 saturated heterocycles. The molecule has 2 bridgehead atoms. The zero-order chi connectivity index (χ0) is 18.3. The van der Waals surface area contributed by atoms with Crippen molar-refractivity contribution in [1.29, 1.82) is 0 Å². The molecule has 1 aromatic carbocycles. The summed E-state index contributed by atoms with van der Waals surface area (Å²) < 4.78 is 23.8. The van der Waals surface area contributed by atoms with E-state index in [4.69, 9.17) is 18.9 Å². The van der Waals surface area contributed by atoms with Crippen LogP contribution in [0.4, 0.5) is 0 Å². The van der Waals surface area contributed by atoms with Crippen LogP contribution in [0.25, 0.3) is 0 Å². The molecular formula is C18H18N2O6. The molecule has 3 atom stereocenters. The molecule has 0 N–H and O–H groups in total. The third-order valence-corrected chi connectivity index (χ3v) is 4.54. The Hall–Kier alpha value is -2.87. The van der Waals surface area contributed by atoms with E-state index < -0.39 is 12.1 Å². The van der Waals surface area contributed by atoms with E-state index in [1.165, 1.54) is 0 Å². The summed E-state index contributed by atoms with van der Waals surface area (Å²) in [4.78, 5) is 27.8. The summed E-state index contributed by atoms with van der Waals surface area (Å²) in [5.74, 6) is 0.219. The van der Waals surface area contributed by atoms with Crippen LogP contribution in [-0.2, 0) is 9.47 Å². The van der Waals surface area contributed by atoms with Gasteiger partial charge in [0, 0.05) is 18.2 Å². The topological polar surface area (TPSA) is 88.9 Å². The van der Waals surface area contributed by atoms with Gasteiger partial charge in [-0.05, 0) is 31.2 Å². The van der Waals surface area contributed by atoms with Crippen molar-refractivity contribution < 1.29 is 23.7 Å². The number of nitrogens with zero attached hydrogens (tertiary/aromatic N) is 2. The molecule has 2 aliphatic rings. The fraction of sp³-hybridized carbons (Fsp3) is 0.389. The Balaban J connectivity index is 1.41. The van der Waals surface area contributed by atoms with Gasteiger partial charge < -0.3 is 18.9 Å². The highest BCUT2D eigenvalue weighted by molar-refractivity contribution is 5.89. The van der Waals surface area contributed by atoms with Gasteiger partial charge in [-0.1, -0.05) is 0 Å². The summed E-state index contributed by atoms with van der Waals surface area (Å²) in [5, 5.41) is 0. The second kappa shape index (κ2) is 6.45.